The van der Waals surface area contributed by atoms with E-state index in [0.29, 0.717) is 24.2 Å². The number of rotatable bonds is 4. The van der Waals surface area contributed by atoms with E-state index < -0.39 is 29.6 Å². The standard InChI is InChI=1S/C19H18F6N2O/c20-18(21,22)13-8-12(9-14(10-13)19(23,24)25)11-28-16-5-3-7-27-17(16)15-4-1-2-6-26-15/h1-2,4,6,8-10,16-17,27H,3,5,7,11H2/t16-,17-/m1/s1. The van der Waals surface area contributed by atoms with Gasteiger partial charge >= 0.3 is 12.4 Å². The summed E-state index contributed by atoms with van der Waals surface area (Å²) in [5, 5.41) is 3.25. The van der Waals surface area contributed by atoms with Gasteiger partial charge in [-0.05, 0) is 55.3 Å². The number of aromatic nitrogens is 1. The van der Waals surface area contributed by atoms with Gasteiger partial charge in [0.25, 0.3) is 0 Å². The third-order valence-corrected chi connectivity index (χ3v) is 4.52. The fourth-order valence-electron chi connectivity index (χ4n) is 3.20. The van der Waals surface area contributed by atoms with Crippen LogP contribution in [0.2, 0.25) is 0 Å². The third-order valence-electron chi connectivity index (χ3n) is 4.52. The molecule has 0 unspecified atom stereocenters. The summed E-state index contributed by atoms with van der Waals surface area (Å²) >= 11 is 0. The zero-order valence-corrected chi connectivity index (χ0v) is 14.6. The molecule has 1 fully saturated rings. The van der Waals surface area contributed by atoms with Crippen LogP contribution in [-0.2, 0) is 23.7 Å². The predicted octanol–water partition coefficient (Wildman–Crippen LogP) is 5.13. The third kappa shape index (κ3) is 5.02. The van der Waals surface area contributed by atoms with Crippen LogP contribution in [0.4, 0.5) is 26.3 Å². The summed E-state index contributed by atoms with van der Waals surface area (Å²) in [6, 6.07) is 6.58. The number of nitrogens with zero attached hydrogens (tertiary/aromatic N) is 1. The molecule has 0 spiro atoms. The summed E-state index contributed by atoms with van der Waals surface area (Å²) < 4.78 is 83.7. The second-order valence-corrected chi connectivity index (χ2v) is 6.59. The maximum Gasteiger partial charge on any atom is 0.416 e. The average Bonchev–Trinajstić information content (AvgIpc) is 2.66. The van der Waals surface area contributed by atoms with Crippen molar-refractivity contribution < 1.29 is 31.1 Å². The number of hydrogen-bond acceptors (Lipinski definition) is 3. The molecule has 1 N–H and O–H groups in total. The maximum atomic E-state index is 13.0. The van der Waals surface area contributed by atoms with Gasteiger partial charge in [-0.25, -0.2) is 0 Å². The summed E-state index contributed by atoms with van der Waals surface area (Å²) in [4.78, 5) is 4.26. The molecule has 152 valence electrons. The Bertz CT molecular complexity index is 759. The number of pyridine rings is 1. The monoisotopic (exact) mass is 404 g/mol. The van der Waals surface area contributed by atoms with E-state index in [1.165, 1.54) is 0 Å². The molecule has 1 saturated heterocycles. The molecule has 0 radical (unpaired) electrons. The van der Waals surface area contributed by atoms with Gasteiger partial charge in [0.1, 0.15) is 0 Å². The van der Waals surface area contributed by atoms with Crippen molar-refractivity contribution in [2.24, 2.45) is 0 Å². The van der Waals surface area contributed by atoms with Gasteiger partial charge < -0.3 is 10.1 Å². The number of hydrogen-bond donors (Lipinski definition) is 1. The molecule has 0 bridgehead atoms. The normalized spacial score (nSPS) is 20.9. The van der Waals surface area contributed by atoms with E-state index in [4.69, 9.17) is 4.74 Å². The highest BCUT2D eigenvalue weighted by Gasteiger charge is 2.37. The van der Waals surface area contributed by atoms with E-state index in [2.05, 4.69) is 10.3 Å². The van der Waals surface area contributed by atoms with Crippen LogP contribution in [0.15, 0.2) is 42.6 Å². The Hall–Kier alpha value is -2.13. The topological polar surface area (TPSA) is 34.1 Å². The molecule has 0 amide bonds. The van der Waals surface area contributed by atoms with Gasteiger partial charge in [0, 0.05) is 6.20 Å². The molecule has 1 aliphatic rings. The highest BCUT2D eigenvalue weighted by molar-refractivity contribution is 5.33. The molecule has 3 rings (SSSR count). The summed E-state index contributed by atoms with van der Waals surface area (Å²) in [6.07, 6.45) is -7.14. The number of benzene rings is 1. The number of nitrogens with one attached hydrogen (secondary N) is 1. The lowest BCUT2D eigenvalue weighted by Gasteiger charge is -2.32. The van der Waals surface area contributed by atoms with Gasteiger partial charge in [-0.2, -0.15) is 26.3 Å². The molecular weight excluding hydrogens is 386 g/mol. The molecular formula is C19H18F6N2O. The molecule has 3 nitrogen and oxygen atoms in total. The fourth-order valence-corrected chi connectivity index (χ4v) is 3.20. The van der Waals surface area contributed by atoms with Crippen LogP contribution in [0.25, 0.3) is 0 Å². The zero-order valence-electron chi connectivity index (χ0n) is 14.6. The van der Waals surface area contributed by atoms with E-state index in [1.807, 2.05) is 0 Å². The first kappa shape index (κ1) is 20.6. The van der Waals surface area contributed by atoms with Crippen LogP contribution in [0.1, 0.15) is 41.3 Å². The first-order valence-corrected chi connectivity index (χ1v) is 8.69. The molecule has 0 saturated carbocycles. The quantitative estimate of drug-likeness (QED) is 0.718. The van der Waals surface area contributed by atoms with Crippen LogP contribution in [0, 0.1) is 0 Å². The SMILES string of the molecule is FC(F)(F)c1cc(CO[C@@H]2CCCN[C@@H]2c2ccccn2)cc(C(F)(F)F)c1. The van der Waals surface area contributed by atoms with E-state index in [9.17, 15) is 26.3 Å². The van der Waals surface area contributed by atoms with Crippen LogP contribution in [-0.4, -0.2) is 17.6 Å². The Kier molecular flexibility index (Phi) is 5.95. The molecule has 2 aromatic rings. The number of piperidine rings is 1. The van der Waals surface area contributed by atoms with Crippen LogP contribution < -0.4 is 5.32 Å². The van der Waals surface area contributed by atoms with E-state index in [0.717, 1.165) is 13.0 Å². The molecule has 0 aliphatic carbocycles. The Morgan fingerprint density at radius 3 is 2.25 bits per heavy atom. The lowest BCUT2D eigenvalue weighted by molar-refractivity contribution is -0.143. The minimum absolute atomic E-state index is 0.113. The van der Waals surface area contributed by atoms with Crippen molar-refractivity contribution in [3.05, 3.63) is 65.0 Å². The molecule has 1 aliphatic heterocycles. The number of ether oxygens (including phenoxy) is 1. The first-order chi connectivity index (χ1) is 13.1. The van der Waals surface area contributed by atoms with E-state index >= 15 is 0 Å². The Morgan fingerprint density at radius 1 is 1.00 bits per heavy atom. The maximum absolute atomic E-state index is 13.0. The molecule has 2 atom stereocenters. The summed E-state index contributed by atoms with van der Waals surface area (Å²) in [5.74, 6) is 0. The van der Waals surface area contributed by atoms with Crippen molar-refractivity contribution in [2.75, 3.05) is 6.54 Å². The van der Waals surface area contributed by atoms with Crippen LogP contribution in [0.5, 0.6) is 0 Å². The lowest BCUT2D eigenvalue weighted by atomic mass is 9.97. The summed E-state index contributed by atoms with van der Waals surface area (Å²) in [5.41, 5.74) is -2.15. The average molecular weight is 404 g/mol. The van der Waals surface area contributed by atoms with Crippen LogP contribution >= 0.6 is 0 Å². The Balaban J connectivity index is 1.81. The molecule has 9 heteroatoms. The van der Waals surface area contributed by atoms with E-state index in [-0.39, 0.29) is 24.3 Å². The smallest absolute Gasteiger partial charge is 0.371 e. The number of halogens is 6. The van der Waals surface area contributed by atoms with Crippen molar-refractivity contribution in [3.8, 4) is 0 Å². The molecule has 1 aromatic carbocycles. The highest BCUT2D eigenvalue weighted by Crippen LogP contribution is 2.36. The van der Waals surface area contributed by atoms with Crippen molar-refractivity contribution >= 4 is 0 Å². The minimum Gasteiger partial charge on any atom is -0.371 e. The predicted molar refractivity (Wildman–Crippen MR) is 89.2 cm³/mol. The minimum atomic E-state index is -4.88. The summed E-state index contributed by atoms with van der Waals surface area (Å²) in [6.45, 7) is 0.367. The van der Waals surface area contributed by atoms with Crippen molar-refractivity contribution in [3.63, 3.8) is 0 Å². The van der Waals surface area contributed by atoms with Crippen molar-refractivity contribution in [1.29, 1.82) is 0 Å². The van der Waals surface area contributed by atoms with Gasteiger partial charge in [-0.3, -0.25) is 4.98 Å². The molecule has 28 heavy (non-hydrogen) atoms. The highest BCUT2D eigenvalue weighted by atomic mass is 19.4. The van der Waals surface area contributed by atoms with Gasteiger partial charge in [-0.15, -0.1) is 0 Å². The zero-order chi connectivity index (χ0) is 20.4. The second kappa shape index (κ2) is 8.08. The molecule has 1 aromatic heterocycles. The van der Waals surface area contributed by atoms with Gasteiger partial charge in [0.05, 0.1) is 35.6 Å². The number of alkyl halides is 6. The first-order valence-electron chi connectivity index (χ1n) is 8.69. The Labute approximate surface area is 157 Å². The summed E-state index contributed by atoms with van der Waals surface area (Å²) in [7, 11) is 0. The van der Waals surface area contributed by atoms with Gasteiger partial charge in [0.2, 0.25) is 0 Å². The Morgan fingerprint density at radius 2 is 1.68 bits per heavy atom. The van der Waals surface area contributed by atoms with Crippen molar-refractivity contribution in [2.45, 2.75) is 43.9 Å². The van der Waals surface area contributed by atoms with E-state index in [1.54, 1.807) is 24.4 Å². The second-order valence-electron chi connectivity index (χ2n) is 6.59. The fraction of sp³-hybridized carbons (Fsp3) is 0.421. The molecule has 2 heterocycles. The van der Waals surface area contributed by atoms with Crippen LogP contribution in [0.3, 0.4) is 0 Å². The largest absolute Gasteiger partial charge is 0.416 e. The van der Waals surface area contributed by atoms with Gasteiger partial charge in [-0.1, -0.05) is 6.07 Å². The van der Waals surface area contributed by atoms with Crippen molar-refractivity contribution in [1.82, 2.24) is 10.3 Å². The lowest BCUT2D eigenvalue weighted by Crippen LogP contribution is -2.39. The van der Waals surface area contributed by atoms with Gasteiger partial charge in [0.15, 0.2) is 0 Å².